The summed E-state index contributed by atoms with van der Waals surface area (Å²) in [6.45, 7) is 1.86. The summed E-state index contributed by atoms with van der Waals surface area (Å²) in [7, 11) is 0. The Morgan fingerprint density at radius 1 is 1.52 bits per heavy atom. The Labute approximate surface area is 131 Å². The van der Waals surface area contributed by atoms with Crippen molar-refractivity contribution in [2.75, 3.05) is 11.1 Å². The average molecular weight is 324 g/mol. The molecule has 5 nitrogen and oxygen atoms in total. The first-order chi connectivity index (χ1) is 10.0. The summed E-state index contributed by atoms with van der Waals surface area (Å²) in [5.41, 5.74) is 7.62. The Hall–Kier alpha value is -1.92. The lowest BCUT2D eigenvalue weighted by atomic mass is 10.2. The molecule has 0 saturated heterocycles. The van der Waals surface area contributed by atoms with E-state index in [1.807, 2.05) is 19.1 Å². The number of amides is 1. The lowest BCUT2D eigenvalue weighted by Gasteiger charge is -2.09. The standard InChI is InChI=1S/C14H14ClN3O2S/c1-8-4-2-5-9(15)11(8)18-13(20)12-10(6-3-7-19)17-14(16)21-12/h2,4-5,7H,3,6H2,1H3,(H2,16,17)(H,18,20). The molecule has 0 radical (unpaired) electrons. The van der Waals surface area contributed by atoms with Gasteiger partial charge in [-0.3, -0.25) is 4.79 Å². The van der Waals surface area contributed by atoms with Crippen LogP contribution in [0.1, 0.15) is 27.3 Å². The summed E-state index contributed by atoms with van der Waals surface area (Å²) in [5, 5.41) is 3.55. The van der Waals surface area contributed by atoms with E-state index in [2.05, 4.69) is 10.3 Å². The van der Waals surface area contributed by atoms with Crippen LogP contribution in [-0.2, 0) is 11.2 Å². The number of para-hydroxylation sites is 1. The van der Waals surface area contributed by atoms with Crippen molar-refractivity contribution in [2.45, 2.75) is 19.8 Å². The van der Waals surface area contributed by atoms with Gasteiger partial charge in [-0.25, -0.2) is 4.98 Å². The number of nitrogen functional groups attached to an aromatic ring is 1. The molecule has 21 heavy (non-hydrogen) atoms. The fraction of sp³-hybridized carbons (Fsp3) is 0.214. The molecule has 0 aliphatic rings. The molecule has 0 aliphatic carbocycles. The number of hydrogen-bond donors (Lipinski definition) is 2. The molecule has 0 fully saturated rings. The van der Waals surface area contributed by atoms with Crippen LogP contribution in [0.4, 0.5) is 10.8 Å². The number of thiazole rings is 1. The zero-order chi connectivity index (χ0) is 15.4. The minimum Gasteiger partial charge on any atom is -0.375 e. The number of nitrogens with zero attached hydrogens (tertiary/aromatic N) is 1. The predicted octanol–water partition coefficient (Wildman–Crippen LogP) is 3.07. The largest absolute Gasteiger partial charge is 0.375 e. The third-order valence-corrected chi connectivity index (χ3v) is 4.12. The Morgan fingerprint density at radius 2 is 2.29 bits per heavy atom. The minimum absolute atomic E-state index is 0.300. The maximum Gasteiger partial charge on any atom is 0.267 e. The molecule has 1 aromatic carbocycles. The summed E-state index contributed by atoms with van der Waals surface area (Å²) in [6.07, 6.45) is 1.48. The van der Waals surface area contributed by atoms with Gasteiger partial charge in [0.15, 0.2) is 5.13 Å². The highest BCUT2D eigenvalue weighted by Crippen LogP contribution is 2.28. The van der Waals surface area contributed by atoms with E-state index in [0.717, 1.165) is 23.2 Å². The summed E-state index contributed by atoms with van der Waals surface area (Å²) in [6, 6.07) is 5.38. The third-order valence-electron chi connectivity index (χ3n) is 2.88. The van der Waals surface area contributed by atoms with E-state index in [-0.39, 0.29) is 5.91 Å². The first kappa shape index (κ1) is 15.5. The van der Waals surface area contributed by atoms with E-state index in [0.29, 0.717) is 39.3 Å². The van der Waals surface area contributed by atoms with Crippen molar-refractivity contribution >= 4 is 46.0 Å². The van der Waals surface area contributed by atoms with E-state index in [1.54, 1.807) is 6.07 Å². The maximum absolute atomic E-state index is 12.4. The number of carbonyl (C=O) groups excluding carboxylic acids is 2. The van der Waals surface area contributed by atoms with E-state index >= 15 is 0 Å². The minimum atomic E-state index is -0.318. The number of aromatic nitrogens is 1. The highest BCUT2D eigenvalue weighted by atomic mass is 35.5. The lowest BCUT2D eigenvalue weighted by Crippen LogP contribution is -2.13. The van der Waals surface area contributed by atoms with Crippen LogP contribution in [-0.4, -0.2) is 17.2 Å². The first-order valence-electron chi connectivity index (χ1n) is 6.28. The lowest BCUT2D eigenvalue weighted by molar-refractivity contribution is -0.107. The van der Waals surface area contributed by atoms with Crippen molar-refractivity contribution < 1.29 is 9.59 Å². The molecular weight excluding hydrogens is 310 g/mol. The van der Waals surface area contributed by atoms with E-state index in [4.69, 9.17) is 17.3 Å². The fourth-order valence-corrected chi connectivity index (χ4v) is 2.92. The van der Waals surface area contributed by atoms with Crippen LogP contribution in [0.3, 0.4) is 0 Å². The SMILES string of the molecule is Cc1cccc(Cl)c1NC(=O)c1sc(N)nc1CCC=O. The topological polar surface area (TPSA) is 85.1 Å². The molecule has 0 unspecified atom stereocenters. The van der Waals surface area contributed by atoms with Crippen molar-refractivity contribution in [1.29, 1.82) is 0 Å². The molecule has 0 spiro atoms. The van der Waals surface area contributed by atoms with E-state index in [9.17, 15) is 9.59 Å². The van der Waals surface area contributed by atoms with Crippen molar-refractivity contribution in [1.82, 2.24) is 4.98 Å². The van der Waals surface area contributed by atoms with Gasteiger partial charge >= 0.3 is 0 Å². The van der Waals surface area contributed by atoms with Crippen LogP contribution in [0.2, 0.25) is 5.02 Å². The molecule has 2 rings (SSSR count). The number of aldehydes is 1. The van der Waals surface area contributed by atoms with Gasteiger partial charge in [-0.2, -0.15) is 0 Å². The molecule has 0 saturated carbocycles. The normalized spacial score (nSPS) is 10.4. The second-order valence-corrected chi connectivity index (χ2v) is 5.86. The van der Waals surface area contributed by atoms with Gasteiger partial charge in [0, 0.05) is 6.42 Å². The number of carbonyl (C=O) groups is 2. The summed E-state index contributed by atoms with van der Waals surface area (Å²) in [5.74, 6) is -0.318. The van der Waals surface area contributed by atoms with Crippen molar-refractivity contribution in [2.24, 2.45) is 0 Å². The Balaban J connectivity index is 2.26. The Morgan fingerprint density at radius 3 is 2.95 bits per heavy atom. The highest BCUT2D eigenvalue weighted by molar-refractivity contribution is 7.17. The maximum atomic E-state index is 12.4. The number of aryl methyl sites for hydroxylation is 2. The molecule has 0 aliphatic heterocycles. The monoisotopic (exact) mass is 323 g/mol. The van der Waals surface area contributed by atoms with Gasteiger partial charge in [-0.05, 0) is 25.0 Å². The Bertz CT molecular complexity index is 665. The number of halogens is 1. The van der Waals surface area contributed by atoms with Gasteiger partial charge in [-0.15, -0.1) is 0 Å². The summed E-state index contributed by atoms with van der Waals surface area (Å²) >= 11 is 7.19. The van der Waals surface area contributed by atoms with Gasteiger partial charge in [0.2, 0.25) is 0 Å². The molecule has 1 aromatic heterocycles. The number of anilines is 2. The molecule has 7 heteroatoms. The molecular formula is C14H14ClN3O2S. The van der Waals surface area contributed by atoms with Gasteiger partial charge < -0.3 is 15.8 Å². The van der Waals surface area contributed by atoms with Gasteiger partial charge in [0.25, 0.3) is 5.91 Å². The molecule has 0 bridgehead atoms. The number of nitrogens with two attached hydrogens (primary N) is 1. The molecule has 0 atom stereocenters. The molecule has 3 N–H and O–H groups in total. The molecule has 1 heterocycles. The zero-order valence-electron chi connectivity index (χ0n) is 11.4. The van der Waals surface area contributed by atoms with Crippen LogP contribution in [0.5, 0.6) is 0 Å². The fourth-order valence-electron chi connectivity index (χ4n) is 1.87. The van der Waals surface area contributed by atoms with Crippen LogP contribution in [0.15, 0.2) is 18.2 Å². The number of nitrogens with one attached hydrogen (secondary N) is 1. The van der Waals surface area contributed by atoms with Crippen LogP contribution >= 0.6 is 22.9 Å². The van der Waals surface area contributed by atoms with Crippen molar-refractivity contribution in [3.63, 3.8) is 0 Å². The van der Waals surface area contributed by atoms with E-state index in [1.165, 1.54) is 0 Å². The molecule has 1 amide bonds. The summed E-state index contributed by atoms with van der Waals surface area (Å²) < 4.78 is 0. The predicted molar refractivity (Wildman–Crippen MR) is 85.1 cm³/mol. The van der Waals surface area contributed by atoms with Crippen LogP contribution in [0.25, 0.3) is 0 Å². The number of rotatable bonds is 5. The molecule has 2 aromatic rings. The van der Waals surface area contributed by atoms with Gasteiger partial charge in [0.05, 0.1) is 16.4 Å². The van der Waals surface area contributed by atoms with Crippen LogP contribution < -0.4 is 11.1 Å². The third kappa shape index (κ3) is 3.59. The zero-order valence-corrected chi connectivity index (χ0v) is 12.9. The first-order valence-corrected chi connectivity index (χ1v) is 7.47. The summed E-state index contributed by atoms with van der Waals surface area (Å²) in [4.78, 5) is 27.4. The highest BCUT2D eigenvalue weighted by Gasteiger charge is 2.18. The van der Waals surface area contributed by atoms with E-state index < -0.39 is 0 Å². The number of hydrogen-bond acceptors (Lipinski definition) is 5. The molecule has 110 valence electrons. The smallest absolute Gasteiger partial charge is 0.267 e. The second-order valence-electron chi connectivity index (χ2n) is 4.42. The quantitative estimate of drug-likeness (QED) is 0.828. The van der Waals surface area contributed by atoms with Gasteiger partial charge in [0.1, 0.15) is 11.2 Å². The second kappa shape index (κ2) is 6.69. The Kier molecular flexibility index (Phi) is 4.93. The van der Waals surface area contributed by atoms with Crippen molar-refractivity contribution in [3.8, 4) is 0 Å². The van der Waals surface area contributed by atoms with Crippen molar-refractivity contribution in [3.05, 3.63) is 39.4 Å². The average Bonchev–Trinajstić information content (AvgIpc) is 2.82. The van der Waals surface area contributed by atoms with Gasteiger partial charge in [-0.1, -0.05) is 35.1 Å². The van der Waals surface area contributed by atoms with Crippen LogP contribution in [0, 0.1) is 6.92 Å². The number of benzene rings is 1.